The van der Waals surface area contributed by atoms with Crippen LogP contribution in [-0.4, -0.2) is 43.3 Å². The van der Waals surface area contributed by atoms with Gasteiger partial charge < -0.3 is 19.5 Å². The van der Waals surface area contributed by atoms with Gasteiger partial charge in [0.2, 0.25) is 5.43 Å². The van der Waals surface area contributed by atoms with Crippen molar-refractivity contribution in [2.24, 2.45) is 5.92 Å². The number of nitrogens with zero attached hydrogens (tertiary/aromatic N) is 3. The first-order valence-corrected chi connectivity index (χ1v) is 10.4. The smallest absolute Gasteiger partial charge is 0.343 e. The van der Waals surface area contributed by atoms with E-state index in [0.29, 0.717) is 24.5 Å². The Balaban J connectivity index is 1.73. The van der Waals surface area contributed by atoms with Crippen molar-refractivity contribution >= 4 is 22.6 Å². The molecule has 2 saturated heterocycles. The van der Waals surface area contributed by atoms with Gasteiger partial charge in [-0.15, -0.1) is 0 Å². The maximum absolute atomic E-state index is 15.4. The van der Waals surface area contributed by atoms with Gasteiger partial charge in [0.15, 0.2) is 0 Å². The highest BCUT2D eigenvalue weighted by Crippen LogP contribution is 2.41. The molecule has 3 fully saturated rings. The van der Waals surface area contributed by atoms with E-state index in [1.165, 1.54) is 19.4 Å². The van der Waals surface area contributed by atoms with Crippen LogP contribution in [0.1, 0.15) is 47.6 Å². The zero-order valence-electron chi connectivity index (χ0n) is 16.8. The molecule has 8 heteroatoms. The molecule has 156 valence electrons. The van der Waals surface area contributed by atoms with E-state index in [2.05, 4.69) is 11.4 Å². The summed E-state index contributed by atoms with van der Waals surface area (Å²) in [5, 5.41) is 13.6. The van der Waals surface area contributed by atoms with E-state index >= 15 is 4.39 Å². The summed E-state index contributed by atoms with van der Waals surface area (Å²) in [6.45, 7) is 2.27. The zero-order valence-corrected chi connectivity index (χ0v) is 16.8. The number of benzene rings is 1. The summed E-state index contributed by atoms with van der Waals surface area (Å²) < 4.78 is 21.9. The molecule has 5 rings (SSSR count). The van der Waals surface area contributed by atoms with Crippen molar-refractivity contribution in [3.05, 3.63) is 39.4 Å². The van der Waals surface area contributed by atoms with Crippen molar-refractivity contribution in [3.63, 3.8) is 0 Å². The lowest BCUT2D eigenvalue weighted by Gasteiger charge is -2.24. The maximum atomic E-state index is 15.4. The highest BCUT2D eigenvalue weighted by Gasteiger charge is 2.37. The normalized spacial score (nSPS) is 23.3. The second kappa shape index (κ2) is 7.10. The predicted octanol–water partition coefficient (Wildman–Crippen LogP) is 2.32. The van der Waals surface area contributed by atoms with Crippen molar-refractivity contribution in [1.29, 1.82) is 5.26 Å². The number of esters is 1. The number of anilines is 1. The summed E-state index contributed by atoms with van der Waals surface area (Å²) in [5.41, 5.74) is 0.110. The minimum Gasteiger partial charge on any atom is -0.465 e. The van der Waals surface area contributed by atoms with Gasteiger partial charge in [-0.3, -0.25) is 4.79 Å². The third-order valence-electron chi connectivity index (χ3n) is 6.61. The zero-order chi connectivity index (χ0) is 21.0. The molecule has 0 spiro atoms. The van der Waals surface area contributed by atoms with Gasteiger partial charge in [0.1, 0.15) is 23.0 Å². The average molecular weight is 410 g/mol. The highest BCUT2D eigenvalue weighted by atomic mass is 19.1. The summed E-state index contributed by atoms with van der Waals surface area (Å²) in [6, 6.07) is 3.73. The van der Waals surface area contributed by atoms with Gasteiger partial charge in [0.25, 0.3) is 0 Å². The Morgan fingerprint density at radius 2 is 2.13 bits per heavy atom. The fourth-order valence-electron chi connectivity index (χ4n) is 5.02. The summed E-state index contributed by atoms with van der Waals surface area (Å²) >= 11 is 0. The van der Waals surface area contributed by atoms with E-state index in [-0.39, 0.29) is 34.3 Å². The quantitative estimate of drug-likeness (QED) is 0.782. The number of pyridine rings is 1. The average Bonchev–Trinajstić information content (AvgIpc) is 3.51. The number of carbonyl (C=O) groups excluding carboxylic acids is 1. The van der Waals surface area contributed by atoms with E-state index in [9.17, 15) is 14.9 Å². The summed E-state index contributed by atoms with van der Waals surface area (Å²) in [4.78, 5) is 27.0. The first-order chi connectivity index (χ1) is 14.5. The van der Waals surface area contributed by atoms with Gasteiger partial charge in [-0.25, -0.2) is 9.18 Å². The third-order valence-corrected chi connectivity index (χ3v) is 6.61. The van der Waals surface area contributed by atoms with E-state index in [1.807, 2.05) is 4.90 Å². The summed E-state index contributed by atoms with van der Waals surface area (Å²) in [5.74, 6) is -0.930. The Hall–Kier alpha value is -2.92. The molecule has 3 aliphatic rings. The van der Waals surface area contributed by atoms with Gasteiger partial charge in [-0.1, -0.05) is 0 Å². The largest absolute Gasteiger partial charge is 0.465 e. The monoisotopic (exact) mass is 410 g/mol. The van der Waals surface area contributed by atoms with Crippen molar-refractivity contribution in [2.75, 3.05) is 31.6 Å². The van der Waals surface area contributed by atoms with E-state index in [1.54, 1.807) is 4.57 Å². The first kappa shape index (κ1) is 19.1. The molecule has 7 nitrogen and oxygen atoms in total. The van der Waals surface area contributed by atoms with Gasteiger partial charge in [-0.2, -0.15) is 5.26 Å². The number of ether oxygens (including phenoxy) is 1. The number of aromatic nitrogens is 1. The molecule has 1 aliphatic carbocycles. The molecule has 2 aliphatic heterocycles. The Labute approximate surface area is 173 Å². The van der Waals surface area contributed by atoms with Crippen LogP contribution in [0.25, 0.3) is 10.9 Å². The molecule has 0 unspecified atom stereocenters. The number of nitriles is 1. The molecule has 0 radical (unpaired) electrons. The molecule has 0 bridgehead atoms. The number of nitrogens with one attached hydrogen (secondary N) is 1. The maximum Gasteiger partial charge on any atom is 0.343 e. The van der Waals surface area contributed by atoms with Crippen molar-refractivity contribution < 1.29 is 13.9 Å². The molecule has 2 aromatic rings. The molecule has 0 amide bonds. The molecule has 1 aromatic heterocycles. The van der Waals surface area contributed by atoms with Crippen molar-refractivity contribution in [2.45, 2.75) is 37.8 Å². The number of fused-ring (bicyclic) bond motifs is 2. The first-order valence-electron chi connectivity index (χ1n) is 10.4. The van der Waals surface area contributed by atoms with Crippen LogP contribution < -0.4 is 15.6 Å². The lowest BCUT2D eigenvalue weighted by atomic mass is 9.94. The van der Waals surface area contributed by atoms with Crippen LogP contribution in [0.5, 0.6) is 0 Å². The number of hydrogen-bond donors (Lipinski definition) is 1. The van der Waals surface area contributed by atoms with Crippen LogP contribution >= 0.6 is 0 Å². The fraction of sp³-hybridized carbons (Fsp3) is 0.500. The van der Waals surface area contributed by atoms with Gasteiger partial charge in [-0.05, 0) is 44.2 Å². The van der Waals surface area contributed by atoms with Crippen LogP contribution in [0.2, 0.25) is 0 Å². The predicted molar refractivity (Wildman–Crippen MR) is 109 cm³/mol. The molecule has 2 atom stereocenters. The SMILES string of the molecule is COC(=O)c1cn(C2CC2)c2c(C#N)c(N3C[C@@H]4CCCN[C@@H]4C3)c(F)cc2c1=O. The highest BCUT2D eigenvalue weighted by molar-refractivity contribution is 5.97. The molecule has 1 aromatic carbocycles. The Kier molecular flexibility index (Phi) is 4.51. The van der Waals surface area contributed by atoms with Crippen molar-refractivity contribution in [3.8, 4) is 6.07 Å². The Morgan fingerprint density at radius 1 is 1.33 bits per heavy atom. The molecule has 3 heterocycles. The number of rotatable bonds is 3. The van der Waals surface area contributed by atoms with Gasteiger partial charge >= 0.3 is 5.97 Å². The van der Waals surface area contributed by atoms with Crippen LogP contribution in [-0.2, 0) is 4.74 Å². The lowest BCUT2D eigenvalue weighted by Crippen LogP contribution is -2.40. The molecule has 1 N–H and O–H groups in total. The van der Waals surface area contributed by atoms with Crippen molar-refractivity contribution in [1.82, 2.24) is 9.88 Å². The minimum absolute atomic E-state index is 0.0531. The topological polar surface area (TPSA) is 87.4 Å². The van der Waals surface area contributed by atoms with Crippen LogP contribution in [0.3, 0.4) is 0 Å². The summed E-state index contributed by atoms with van der Waals surface area (Å²) in [6.07, 6.45) is 5.42. The third kappa shape index (κ3) is 2.88. The minimum atomic E-state index is -0.756. The Morgan fingerprint density at radius 3 is 2.80 bits per heavy atom. The molecule has 30 heavy (non-hydrogen) atoms. The number of halogens is 1. The van der Waals surface area contributed by atoms with E-state index in [0.717, 1.165) is 32.2 Å². The van der Waals surface area contributed by atoms with Gasteiger partial charge in [0.05, 0.1) is 23.7 Å². The lowest BCUT2D eigenvalue weighted by molar-refractivity contribution is 0.0598. The second-order valence-electron chi connectivity index (χ2n) is 8.46. The molecule has 1 saturated carbocycles. The summed E-state index contributed by atoms with van der Waals surface area (Å²) in [7, 11) is 1.21. The number of carbonyl (C=O) groups is 1. The van der Waals surface area contributed by atoms with Crippen LogP contribution in [0.15, 0.2) is 17.1 Å². The Bertz CT molecular complexity index is 1130. The number of hydrogen-bond acceptors (Lipinski definition) is 6. The second-order valence-corrected chi connectivity index (χ2v) is 8.46. The fourth-order valence-corrected chi connectivity index (χ4v) is 5.02. The number of piperidine rings is 1. The van der Waals surface area contributed by atoms with Crippen LogP contribution in [0, 0.1) is 23.1 Å². The molecular weight excluding hydrogens is 387 g/mol. The standard InChI is InChI=1S/C22H23FN4O3/c1-30-22(29)16-10-27(13-4-5-13)19-14(21(16)28)7-17(23)20(15(19)8-24)26-9-12-3-2-6-25-18(12)11-26/h7,10,12-13,18,25H,2-6,9,11H2,1H3/t12-,18+/m0/s1. The van der Waals surface area contributed by atoms with Gasteiger partial charge in [0, 0.05) is 31.4 Å². The van der Waals surface area contributed by atoms with E-state index in [4.69, 9.17) is 4.74 Å². The molecular formula is C22H23FN4O3. The van der Waals surface area contributed by atoms with Crippen LogP contribution in [0.4, 0.5) is 10.1 Å². The number of methoxy groups -OCH3 is 1. The van der Waals surface area contributed by atoms with E-state index < -0.39 is 17.2 Å².